The molecule has 1 aromatic heterocycles. The van der Waals surface area contributed by atoms with E-state index in [0.29, 0.717) is 16.6 Å². The molecule has 6 heteroatoms. The predicted octanol–water partition coefficient (Wildman–Crippen LogP) is 4.33. The number of hydrogen-bond acceptors (Lipinski definition) is 4. The van der Waals surface area contributed by atoms with Crippen molar-refractivity contribution >= 4 is 46.5 Å². The summed E-state index contributed by atoms with van der Waals surface area (Å²) in [6.07, 6.45) is 3.52. The Kier molecular flexibility index (Phi) is 5.10. The Morgan fingerprint density at radius 2 is 1.59 bits per heavy atom. The van der Waals surface area contributed by atoms with Gasteiger partial charge >= 0.3 is 0 Å². The number of thiocarbonyl (C=S) groups is 1. The molecule has 4 rings (SSSR count). The molecule has 2 aromatic carbocycles. The zero-order valence-electron chi connectivity index (χ0n) is 16.2. The van der Waals surface area contributed by atoms with Crippen LogP contribution >= 0.6 is 12.2 Å². The fraction of sp³-hybridized carbons (Fsp3) is 0.0870. The van der Waals surface area contributed by atoms with Crippen molar-refractivity contribution in [2.75, 3.05) is 28.8 Å². The van der Waals surface area contributed by atoms with Gasteiger partial charge in [0.2, 0.25) is 0 Å². The lowest BCUT2D eigenvalue weighted by atomic mass is 10.1. The van der Waals surface area contributed by atoms with Gasteiger partial charge in [0.25, 0.3) is 5.91 Å². The quantitative estimate of drug-likeness (QED) is 0.482. The van der Waals surface area contributed by atoms with Gasteiger partial charge in [-0.25, -0.2) is 9.88 Å². The molecule has 0 unspecified atom stereocenters. The Hall–Kier alpha value is -3.51. The summed E-state index contributed by atoms with van der Waals surface area (Å²) in [6.45, 7) is 0. The standard InChI is InChI=1S/C23H20N4OS/c1-25(2)18-13-11-17(12-14-18)16-20-22(28)27(21-10-6-7-15-24-21)23(29)26(20)19-8-4-3-5-9-19/h3-16H,1-2H3/b20-16+. The number of anilines is 3. The molecule has 0 atom stereocenters. The van der Waals surface area contributed by atoms with Gasteiger partial charge in [-0.3, -0.25) is 9.69 Å². The SMILES string of the molecule is CN(C)c1ccc(/C=C2\C(=O)N(c3ccccn3)C(=S)N2c2ccccc2)cc1. The smallest absolute Gasteiger partial charge is 0.282 e. The van der Waals surface area contributed by atoms with Gasteiger partial charge < -0.3 is 4.90 Å². The molecule has 0 aliphatic carbocycles. The zero-order chi connectivity index (χ0) is 20.4. The highest BCUT2D eigenvalue weighted by atomic mass is 32.1. The monoisotopic (exact) mass is 400 g/mol. The summed E-state index contributed by atoms with van der Waals surface area (Å²) in [4.78, 5) is 23.0. The number of amides is 1. The molecule has 29 heavy (non-hydrogen) atoms. The maximum atomic E-state index is 13.4. The van der Waals surface area contributed by atoms with E-state index in [4.69, 9.17) is 12.2 Å². The maximum absolute atomic E-state index is 13.4. The average Bonchev–Trinajstić information content (AvgIpc) is 2.99. The van der Waals surface area contributed by atoms with Crippen molar-refractivity contribution in [1.82, 2.24) is 4.98 Å². The lowest BCUT2D eigenvalue weighted by Crippen LogP contribution is -2.33. The highest BCUT2D eigenvalue weighted by Crippen LogP contribution is 2.32. The summed E-state index contributed by atoms with van der Waals surface area (Å²) in [7, 11) is 3.99. The van der Waals surface area contributed by atoms with E-state index in [1.54, 1.807) is 17.2 Å². The summed E-state index contributed by atoms with van der Waals surface area (Å²) in [5.74, 6) is 0.309. The van der Waals surface area contributed by atoms with Crippen LogP contribution in [-0.2, 0) is 4.79 Å². The van der Waals surface area contributed by atoms with Crippen molar-refractivity contribution in [2.24, 2.45) is 0 Å². The summed E-state index contributed by atoms with van der Waals surface area (Å²) in [6, 6.07) is 23.1. The van der Waals surface area contributed by atoms with E-state index in [9.17, 15) is 4.79 Å². The van der Waals surface area contributed by atoms with E-state index in [1.165, 1.54) is 4.90 Å². The van der Waals surface area contributed by atoms with Crippen molar-refractivity contribution in [3.8, 4) is 0 Å². The Bertz CT molecular complexity index is 1060. The van der Waals surface area contributed by atoms with Gasteiger partial charge in [0, 0.05) is 31.7 Å². The van der Waals surface area contributed by atoms with Crippen LogP contribution in [-0.4, -0.2) is 30.1 Å². The van der Waals surface area contributed by atoms with Crippen LogP contribution in [0.15, 0.2) is 84.7 Å². The van der Waals surface area contributed by atoms with Crippen LogP contribution in [0.3, 0.4) is 0 Å². The lowest BCUT2D eigenvalue weighted by Gasteiger charge is -2.20. The summed E-state index contributed by atoms with van der Waals surface area (Å²) in [5, 5.41) is 0.385. The van der Waals surface area contributed by atoms with Gasteiger partial charge in [0.05, 0.1) is 0 Å². The first-order valence-electron chi connectivity index (χ1n) is 9.20. The molecular formula is C23H20N4OS. The van der Waals surface area contributed by atoms with Crippen LogP contribution < -0.4 is 14.7 Å². The van der Waals surface area contributed by atoms with Crippen LogP contribution in [0.25, 0.3) is 6.08 Å². The number of nitrogens with zero attached hydrogens (tertiary/aromatic N) is 4. The van der Waals surface area contributed by atoms with Crippen LogP contribution in [0.4, 0.5) is 17.2 Å². The molecule has 0 spiro atoms. The molecular weight excluding hydrogens is 380 g/mol. The molecule has 5 nitrogen and oxygen atoms in total. The summed E-state index contributed by atoms with van der Waals surface area (Å²) < 4.78 is 0. The van der Waals surface area contributed by atoms with Gasteiger partial charge in [-0.1, -0.05) is 36.4 Å². The number of rotatable bonds is 4. The number of pyridine rings is 1. The van der Waals surface area contributed by atoms with E-state index in [2.05, 4.69) is 4.98 Å². The van der Waals surface area contributed by atoms with Crippen LogP contribution in [0.2, 0.25) is 0 Å². The largest absolute Gasteiger partial charge is 0.378 e. The topological polar surface area (TPSA) is 39.7 Å². The third-order valence-corrected chi connectivity index (χ3v) is 5.02. The maximum Gasteiger partial charge on any atom is 0.282 e. The third-order valence-electron chi connectivity index (χ3n) is 4.65. The third kappa shape index (κ3) is 3.62. The number of hydrogen-bond donors (Lipinski definition) is 0. The second-order valence-electron chi connectivity index (χ2n) is 6.80. The first kappa shape index (κ1) is 18.8. The second-order valence-corrected chi connectivity index (χ2v) is 7.16. The minimum Gasteiger partial charge on any atom is -0.378 e. The second kappa shape index (κ2) is 7.85. The summed E-state index contributed by atoms with van der Waals surface area (Å²) >= 11 is 5.69. The minimum atomic E-state index is -0.200. The van der Waals surface area contributed by atoms with E-state index in [0.717, 1.165) is 16.9 Å². The van der Waals surface area contributed by atoms with Crippen molar-refractivity contribution in [2.45, 2.75) is 0 Å². The van der Waals surface area contributed by atoms with E-state index in [-0.39, 0.29) is 5.91 Å². The van der Waals surface area contributed by atoms with Crippen molar-refractivity contribution in [3.05, 3.63) is 90.3 Å². The Labute approximate surface area is 175 Å². The molecule has 1 saturated heterocycles. The van der Waals surface area contributed by atoms with E-state index >= 15 is 0 Å². The number of para-hydroxylation sites is 1. The summed E-state index contributed by atoms with van der Waals surface area (Å²) in [5.41, 5.74) is 3.34. The fourth-order valence-corrected chi connectivity index (χ4v) is 3.55. The molecule has 1 aliphatic rings. The van der Waals surface area contributed by atoms with Gasteiger partial charge in [0.15, 0.2) is 5.11 Å². The number of aromatic nitrogens is 1. The van der Waals surface area contributed by atoms with Crippen molar-refractivity contribution in [3.63, 3.8) is 0 Å². The molecule has 144 valence electrons. The lowest BCUT2D eigenvalue weighted by molar-refractivity contribution is -0.113. The highest BCUT2D eigenvalue weighted by molar-refractivity contribution is 7.81. The Morgan fingerprint density at radius 1 is 0.897 bits per heavy atom. The average molecular weight is 401 g/mol. The van der Waals surface area contributed by atoms with Crippen LogP contribution in [0.5, 0.6) is 0 Å². The van der Waals surface area contributed by atoms with Crippen molar-refractivity contribution < 1.29 is 4.79 Å². The van der Waals surface area contributed by atoms with Gasteiger partial charge in [-0.05, 0) is 60.3 Å². The van der Waals surface area contributed by atoms with Crippen molar-refractivity contribution in [1.29, 1.82) is 0 Å². The molecule has 1 aliphatic heterocycles. The number of benzene rings is 2. The molecule has 0 saturated carbocycles. The molecule has 0 radical (unpaired) electrons. The molecule has 1 amide bonds. The van der Waals surface area contributed by atoms with Crippen LogP contribution in [0, 0.1) is 0 Å². The fourth-order valence-electron chi connectivity index (χ4n) is 3.17. The Balaban J connectivity index is 1.80. The predicted molar refractivity (Wildman–Crippen MR) is 122 cm³/mol. The van der Waals surface area contributed by atoms with Gasteiger partial charge in [-0.2, -0.15) is 0 Å². The van der Waals surface area contributed by atoms with E-state index in [1.807, 2.05) is 91.8 Å². The highest BCUT2D eigenvalue weighted by Gasteiger charge is 2.40. The van der Waals surface area contributed by atoms with Crippen LogP contribution in [0.1, 0.15) is 5.56 Å². The molecule has 0 N–H and O–H groups in total. The molecule has 0 bridgehead atoms. The zero-order valence-corrected chi connectivity index (χ0v) is 17.0. The molecule has 3 aromatic rings. The number of carbonyl (C=O) groups excluding carboxylic acids is 1. The first-order chi connectivity index (χ1) is 14.1. The van der Waals surface area contributed by atoms with Gasteiger partial charge in [-0.15, -0.1) is 0 Å². The van der Waals surface area contributed by atoms with Gasteiger partial charge in [0.1, 0.15) is 11.5 Å². The molecule has 2 heterocycles. The first-order valence-corrected chi connectivity index (χ1v) is 9.61. The minimum absolute atomic E-state index is 0.200. The normalized spacial score (nSPS) is 15.3. The van der Waals surface area contributed by atoms with E-state index < -0.39 is 0 Å². The Morgan fingerprint density at radius 3 is 2.21 bits per heavy atom. The number of carbonyl (C=O) groups is 1. The molecule has 1 fully saturated rings.